The minimum Gasteiger partial charge on any atom is -0.493 e. The first-order chi connectivity index (χ1) is 15.0. The summed E-state index contributed by atoms with van der Waals surface area (Å²) in [7, 11) is 0. The normalized spacial score (nSPS) is 18.0. The van der Waals surface area contributed by atoms with Gasteiger partial charge in [0.25, 0.3) is 0 Å². The number of carbonyl (C=O) groups is 1. The molecule has 1 atom stereocenters. The molecule has 2 aliphatic heterocycles. The number of anilines is 2. The minimum atomic E-state index is -0.368. The van der Waals surface area contributed by atoms with Gasteiger partial charge in [0.15, 0.2) is 0 Å². The first-order valence-electron chi connectivity index (χ1n) is 10.6. The molecule has 2 aromatic carbocycles. The summed E-state index contributed by atoms with van der Waals surface area (Å²) in [5.74, 6) is 0.809. The SMILES string of the molecule is CCOc1cc2c(cc1/C=C/C(=O)Nc1ccc(N3CCOCC3)c(F)c1)OC(C)C2. The van der Waals surface area contributed by atoms with Crippen LogP contribution in [-0.4, -0.2) is 44.9 Å². The lowest BCUT2D eigenvalue weighted by Gasteiger charge is -2.29. The molecular weight excluding hydrogens is 399 g/mol. The molecule has 1 unspecified atom stereocenters. The second-order valence-electron chi connectivity index (χ2n) is 7.65. The molecule has 1 N–H and O–H groups in total. The molecule has 31 heavy (non-hydrogen) atoms. The zero-order valence-electron chi connectivity index (χ0n) is 17.8. The maximum Gasteiger partial charge on any atom is 0.248 e. The molecule has 2 aromatic rings. The van der Waals surface area contributed by atoms with Gasteiger partial charge in [0, 0.05) is 42.4 Å². The smallest absolute Gasteiger partial charge is 0.248 e. The van der Waals surface area contributed by atoms with Gasteiger partial charge in [0.1, 0.15) is 23.4 Å². The Hall–Kier alpha value is -3.06. The summed E-state index contributed by atoms with van der Waals surface area (Å²) in [6, 6.07) is 8.60. The lowest BCUT2D eigenvalue weighted by Crippen LogP contribution is -2.36. The lowest BCUT2D eigenvalue weighted by molar-refractivity contribution is -0.111. The standard InChI is InChI=1S/C24H27FN2O4/c1-3-30-22-14-18-12-16(2)31-23(18)13-17(22)4-7-24(28)26-19-5-6-21(20(25)15-19)27-8-10-29-11-9-27/h4-7,13-16H,3,8-12H2,1-2H3,(H,26,28)/b7-4+. The summed E-state index contributed by atoms with van der Waals surface area (Å²) in [4.78, 5) is 14.4. The van der Waals surface area contributed by atoms with Gasteiger partial charge in [0.05, 0.1) is 25.5 Å². The highest BCUT2D eigenvalue weighted by atomic mass is 19.1. The molecule has 1 saturated heterocycles. The third-order valence-corrected chi connectivity index (χ3v) is 5.31. The molecule has 164 valence electrons. The van der Waals surface area contributed by atoms with Crippen LogP contribution in [0.1, 0.15) is 25.0 Å². The van der Waals surface area contributed by atoms with E-state index in [1.54, 1.807) is 18.2 Å². The van der Waals surface area contributed by atoms with E-state index in [2.05, 4.69) is 5.32 Å². The number of benzene rings is 2. The molecule has 0 aliphatic carbocycles. The Kier molecular flexibility index (Phi) is 6.42. The van der Waals surface area contributed by atoms with Gasteiger partial charge in [0.2, 0.25) is 5.91 Å². The van der Waals surface area contributed by atoms with Gasteiger partial charge in [-0.25, -0.2) is 4.39 Å². The number of hydrogen-bond donors (Lipinski definition) is 1. The fourth-order valence-corrected chi connectivity index (χ4v) is 3.86. The number of carbonyl (C=O) groups excluding carboxylic acids is 1. The summed E-state index contributed by atoms with van der Waals surface area (Å²) in [5.41, 5.74) is 2.79. The number of ether oxygens (including phenoxy) is 3. The molecule has 1 fully saturated rings. The van der Waals surface area contributed by atoms with E-state index in [1.165, 1.54) is 12.1 Å². The highest BCUT2D eigenvalue weighted by Crippen LogP contribution is 2.35. The predicted octanol–water partition coefficient (Wildman–Crippen LogP) is 4.04. The van der Waals surface area contributed by atoms with E-state index in [0.717, 1.165) is 23.3 Å². The number of rotatable bonds is 6. The topological polar surface area (TPSA) is 60.0 Å². The Balaban J connectivity index is 1.45. The molecule has 2 aliphatic rings. The van der Waals surface area contributed by atoms with Crippen molar-refractivity contribution < 1.29 is 23.4 Å². The zero-order chi connectivity index (χ0) is 21.8. The number of fused-ring (bicyclic) bond motifs is 1. The highest BCUT2D eigenvalue weighted by molar-refractivity contribution is 6.02. The average Bonchev–Trinajstić information content (AvgIpc) is 3.12. The molecule has 1 amide bonds. The van der Waals surface area contributed by atoms with Gasteiger partial charge < -0.3 is 24.4 Å². The lowest BCUT2D eigenvalue weighted by atomic mass is 10.1. The number of nitrogens with zero attached hydrogens (tertiary/aromatic N) is 1. The van der Waals surface area contributed by atoms with Crippen molar-refractivity contribution in [2.24, 2.45) is 0 Å². The molecule has 4 rings (SSSR count). The Morgan fingerprint density at radius 3 is 2.84 bits per heavy atom. The molecule has 0 spiro atoms. The number of amides is 1. The maximum absolute atomic E-state index is 14.6. The monoisotopic (exact) mass is 426 g/mol. The van der Waals surface area contributed by atoms with Crippen LogP contribution in [-0.2, 0) is 16.0 Å². The number of nitrogens with one attached hydrogen (secondary N) is 1. The molecule has 2 heterocycles. The van der Waals surface area contributed by atoms with Crippen LogP contribution in [0, 0.1) is 5.82 Å². The Labute approximate surface area is 181 Å². The van der Waals surface area contributed by atoms with Crippen molar-refractivity contribution in [3.05, 3.63) is 53.4 Å². The van der Waals surface area contributed by atoms with Crippen LogP contribution in [0.2, 0.25) is 0 Å². The van der Waals surface area contributed by atoms with Gasteiger partial charge in [-0.3, -0.25) is 4.79 Å². The Bertz CT molecular complexity index is 986. The van der Waals surface area contributed by atoms with Crippen molar-refractivity contribution in [1.29, 1.82) is 0 Å². The molecule has 0 saturated carbocycles. The number of halogens is 1. The number of hydrogen-bond acceptors (Lipinski definition) is 5. The summed E-state index contributed by atoms with van der Waals surface area (Å²) >= 11 is 0. The third kappa shape index (κ3) is 4.99. The van der Waals surface area contributed by atoms with Crippen LogP contribution in [0.25, 0.3) is 6.08 Å². The highest BCUT2D eigenvalue weighted by Gasteiger charge is 2.21. The summed E-state index contributed by atoms with van der Waals surface area (Å²) < 4.78 is 31.4. The summed E-state index contributed by atoms with van der Waals surface area (Å²) in [6.45, 7) is 6.93. The van der Waals surface area contributed by atoms with Crippen molar-refractivity contribution in [2.45, 2.75) is 26.4 Å². The van der Waals surface area contributed by atoms with E-state index in [1.807, 2.05) is 30.9 Å². The summed E-state index contributed by atoms with van der Waals surface area (Å²) in [5, 5.41) is 2.71. The Morgan fingerprint density at radius 2 is 2.10 bits per heavy atom. The van der Waals surface area contributed by atoms with Crippen LogP contribution in [0.5, 0.6) is 11.5 Å². The van der Waals surface area contributed by atoms with Crippen molar-refractivity contribution in [3.8, 4) is 11.5 Å². The van der Waals surface area contributed by atoms with E-state index in [-0.39, 0.29) is 17.8 Å². The van der Waals surface area contributed by atoms with Crippen molar-refractivity contribution in [2.75, 3.05) is 43.1 Å². The molecule has 6 nitrogen and oxygen atoms in total. The van der Waals surface area contributed by atoms with E-state index in [4.69, 9.17) is 14.2 Å². The molecule has 0 radical (unpaired) electrons. The second kappa shape index (κ2) is 9.39. The fraction of sp³-hybridized carbons (Fsp3) is 0.375. The molecular formula is C24H27FN2O4. The second-order valence-corrected chi connectivity index (χ2v) is 7.65. The third-order valence-electron chi connectivity index (χ3n) is 5.31. The predicted molar refractivity (Wildman–Crippen MR) is 119 cm³/mol. The largest absolute Gasteiger partial charge is 0.493 e. The van der Waals surface area contributed by atoms with Crippen molar-refractivity contribution >= 4 is 23.4 Å². The number of morpholine rings is 1. The van der Waals surface area contributed by atoms with Crippen molar-refractivity contribution in [3.63, 3.8) is 0 Å². The molecule has 7 heteroatoms. The van der Waals surface area contributed by atoms with E-state index in [9.17, 15) is 9.18 Å². The summed E-state index contributed by atoms with van der Waals surface area (Å²) in [6.07, 6.45) is 4.07. The van der Waals surface area contributed by atoms with Gasteiger partial charge >= 0.3 is 0 Å². The van der Waals surface area contributed by atoms with E-state index in [0.29, 0.717) is 50.0 Å². The zero-order valence-corrected chi connectivity index (χ0v) is 17.8. The van der Waals surface area contributed by atoms with Crippen LogP contribution < -0.4 is 19.7 Å². The van der Waals surface area contributed by atoms with E-state index >= 15 is 0 Å². The van der Waals surface area contributed by atoms with Crippen LogP contribution in [0.15, 0.2) is 36.4 Å². The Morgan fingerprint density at radius 1 is 1.29 bits per heavy atom. The molecule has 0 bridgehead atoms. The first kappa shape index (κ1) is 21.2. The van der Waals surface area contributed by atoms with E-state index < -0.39 is 0 Å². The fourth-order valence-electron chi connectivity index (χ4n) is 3.86. The quantitative estimate of drug-likeness (QED) is 0.707. The minimum absolute atomic E-state index is 0.127. The first-order valence-corrected chi connectivity index (χ1v) is 10.6. The van der Waals surface area contributed by atoms with Crippen LogP contribution in [0.4, 0.5) is 15.8 Å². The van der Waals surface area contributed by atoms with Gasteiger partial charge in [-0.1, -0.05) is 0 Å². The van der Waals surface area contributed by atoms with Gasteiger partial charge in [-0.2, -0.15) is 0 Å². The average molecular weight is 426 g/mol. The van der Waals surface area contributed by atoms with Gasteiger partial charge in [-0.05, 0) is 50.3 Å². The van der Waals surface area contributed by atoms with Crippen LogP contribution in [0.3, 0.4) is 0 Å². The van der Waals surface area contributed by atoms with Crippen molar-refractivity contribution in [1.82, 2.24) is 0 Å². The van der Waals surface area contributed by atoms with Gasteiger partial charge in [-0.15, -0.1) is 0 Å². The van der Waals surface area contributed by atoms with Crippen LogP contribution >= 0.6 is 0 Å². The molecule has 0 aromatic heterocycles. The maximum atomic E-state index is 14.6.